The highest BCUT2D eigenvalue weighted by molar-refractivity contribution is 7.13. The number of benzene rings is 1. The minimum absolute atomic E-state index is 0.0945. The molecule has 0 spiro atoms. The van der Waals surface area contributed by atoms with Gasteiger partial charge in [-0.2, -0.15) is 0 Å². The summed E-state index contributed by atoms with van der Waals surface area (Å²) >= 11 is 7.76. The van der Waals surface area contributed by atoms with Crippen molar-refractivity contribution < 1.29 is 9.21 Å². The van der Waals surface area contributed by atoms with Crippen molar-refractivity contribution >= 4 is 34.5 Å². The van der Waals surface area contributed by atoms with Gasteiger partial charge in [0.05, 0.1) is 18.4 Å². The third-order valence-electron chi connectivity index (χ3n) is 3.97. The van der Waals surface area contributed by atoms with E-state index in [4.69, 9.17) is 16.0 Å². The lowest BCUT2D eigenvalue weighted by Crippen LogP contribution is -2.17. The number of aromatic nitrogens is 1. The Bertz CT molecular complexity index is 872. The van der Waals surface area contributed by atoms with E-state index in [0.29, 0.717) is 10.8 Å². The fourth-order valence-electron chi connectivity index (χ4n) is 2.72. The predicted octanol–water partition coefficient (Wildman–Crippen LogP) is 5.36. The van der Waals surface area contributed by atoms with Crippen LogP contribution in [0.25, 0.3) is 10.8 Å². The monoisotopic (exact) mass is 374 g/mol. The van der Waals surface area contributed by atoms with Crippen LogP contribution in [-0.4, -0.2) is 10.9 Å². The van der Waals surface area contributed by atoms with Crippen molar-refractivity contribution in [2.75, 3.05) is 5.32 Å². The molecule has 6 heteroatoms. The van der Waals surface area contributed by atoms with Crippen molar-refractivity contribution in [1.82, 2.24) is 4.98 Å². The number of aryl methyl sites for hydroxylation is 1. The number of carbonyl (C=O) groups excluding carboxylic acids is 1. The number of anilines is 1. The van der Waals surface area contributed by atoms with E-state index in [9.17, 15) is 4.79 Å². The van der Waals surface area contributed by atoms with Gasteiger partial charge in [-0.3, -0.25) is 4.79 Å². The highest BCUT2D eigenvalue weighted by Gasteiger charge is 2.15. The average Bonchev–Trinajstić information content (AvgIpc) is 3.26. The largest absolute Gasteiger partial charge is 0.462 e. The van der Waals surface area contributed by atoms with E-state index in [1.54, 1.807) is 6.26 Å². The maximum Gasteiger partial charge on any atom is 0.230 e. The summed E-state index contributed by atoms with van der Waals surface area (Å²) in [6, 6.07) is 7.54. The van der Waals surface area contributed by atoms with Crippen LogP contribution in [0.1, 0.15) is 30.7 Å². The quantitative estimate of drug-likeness (QED) is 0.631. The van der Waals surface area contributed by atoms with E-state index in [0.717, 1.165) is 40.4 Å². The maximum atomic E-state index is 12.5. The molecule has 1 N–H and O–H groups in total. The molecule has 130 valence electrons. The summed E-state index contributed by atoms with van der Waals surface area (Å²) in [5.41, 5.74) is 3.63. The van der Waals surface area contributed by atoms with Crippen LogP contribution in [-0.2, 0) is 24.1 Å². The Labute approximate surface area is 155 Å². The lowest BCUT2D eigenvalue weighted by molar-refractivity contribution is -0.115. The lowest BCUT2D eigenvalue weighted by Gasteiger charge is -2.15. The topological polar surface area (TPSA) is 55.1 Å². The molecule has 0 radical (unpaired) electrons. The number of rotatable bonds is 6. The first-order valence-electron chi connectivity index (χ1n) is 8.20. The van der Waals surface area contributed by atoms with Gasteiger partial charge >= 0.3 is 0 Å². The molecule has 0 saturated carbocycles. The van der Waals surface area contributed by atoms with Gasteiger partial charge < -0.3 is 9.73 Å². The van der Waals surface area contributed by atoms with Gasteiger partial charge in [-0.05, 0) is 42.2 Å². The van der Waals surface area contributed by atoms with E-state index < -0.39 is 0 Å². The van der Waals surface area contributed by atoms with Gasteiger partial charge in [-0.15, -0.1) is 11.3 Å². The van der Waals surface area contributed by atoms with Crippen LogP contribution in [0.3, 0.4) is 0 Å². The Morgan fingerprint density at radius 2 is 2.12 bits per heavy atom. The van der Waals surface area contributed by atoms with Crippen molar-refractivity contribution in [3.63, 3.8) is 0 Å². The van der Waals surface area contributed by atoms with Crippen LogP contribution in [0.4, 0.5) is 5.69 Å². The average molecular weight is 375 g/mol. The third-order valence-corrected chi connectivity index (χ3v) is 5.23. The van der Waals surface area contributed by atoms with Gasteiger partial charge in [0.25, 0.3) is 0 Å². The summed E-state index contributed by atoms with van der Waals surface area (Å²) in [6.07, 6.45) is 3.43. The minimum Gasteiger partial charge on any atom is -0.462 e. The van der Waals surface area contributed by atoms with Gasteiger partial charge in [0.2, 0.25) is 5.91 Å². The van der Waals surface area contributed by atoms with E-state index in [-0.39, 0.29) is 12.3 Å². The van der Waals surface area contributed by atoms with Crippen molar-refractivity contribution in [3.05, 3.63) is 57.8 Å². The fourth-order valence-corrected chi connectivity index (χ4v) is 3.79. The molecular formula is C19H19ClN2O2S. The van der Waals surface area contributed by atoms with Crippen molar-refractivity contribution in [2.45, 2.75) is 33.1 Å². The Balaban J connectivity index is 1.76. The number of hydrogen-bond acceptors (Lipinski definition) is 4. The first-order valence-corrected chi connectivity index (χ1v) is 9.46. The summed E-state index contributed by atoms with van der Waals surface area (Å²) in [4.78, 5) is 17.0. The second kappa shape index (κ2) is 7.85. The molecule has 0 atom stereocenters. The van der Waals surface area contributed by atoms with E-state index >= 15 is 0 Å². The van der Waals surface area contributed by atoms with Crippen LogP contribution >= 0.6 is 22.9 Å². The van der Waals surface area contributed by atoms with Gasteiger partial charge in [0.1, 0.15) is 0 Å². The normalized spacial score (nSPS) is 10.8. The second-order valence-corrected chi connectivity index (χ2v) is 6.88. The summed E-state index contributed by atoms with van der Waals surface area (Å²) in [6.45, 7) is 4.10. The van der Waals surface area contributed by atoms with E-state index in [2.05, 4.69) is 17.2 Å². The molecule has 4 nitrogen and oxygen atoms in total. The molecule has 2 heterocycles. The summed E-state index contributed by atoms with van der Waals surface area (Å²) in [7, 11) is 0. The smallest absolute Gasteiger partial charge is 0.230 e. The third kappa shape index (κ3) is 3.94. The lowest BCUT2D eigenvalue weighted by atomic mass is 10.0. The van der Waals surface area contributed by atoms with Gasteiger partial charge in [0, 0.05) is 16.1 Å². The molecule has 1 aromatic carbocycles. The van der Waals surface area contributed by atoms with Crippen molar-refractivity contribution in [1.29, 1.82) is 0 Å². The SMILES string of the molecule is CCc1ccc(Cl)c(CC)c1NC(=O)Cc1csc(-c2ccco2)n1. The van der Waals surface area contributed by atoms with Crippen LogP contribution in [0, 0.1) is 0 Å². The summed E-state index contributed by atoms with van der Waals surface area (Å²) in [5, 5.41) is 6.38. The number of amides is 1. The van der Waals surface area contributed by atoms with E-state index in [1.165, 1.54) is 11.3 Å². The molecule has 0 fully saturated rings. The number of nitrogens with one attached hydrogen (secondary N) is 1. The maximum absolute atomic E-state index is 12.5. The molecule has 1 amide bonds. The predicted molar refractivity (Wildman–Crippen MR) is 102 cm³/mol. The molecule has 0 unspecified atom stereocenters. The molecular weight excluding hydrogens is 356 g/mol. The summed E-state index contributed by atoms with van der Waals surface area (Å²) in [5.74, 6) is 0.621. The fraction of sp³-hybridized carbons (Fsp3) is 0.263. The van der Waals surface area contributed by atoms with E-state index in [1.807, 2.05) is 36.6 Å². The zero-order valence-corrected chi connectivity index (χ0v) is 15.7. The number of thiazole rings is 1. The standard InChI is InChI=1S/C19H19ClN2O2S/c1-3-12-7-8-15(20)14(4-2)18(12)22-17(23)10-13-11-25-19(21-13)16-6-5-9-24-16/h5-9,11H,3-4,10H2,1-2H3,(H,22,23). The zero-order chi connectivity index (χ0) is 17.8. The van der Waals surface area contributed by atoms with Crippen LogP contribution in [0.2, 0.25) is 5.02 Å². The van der Waals surface area contributed by atoms with Gasteiger partial charge in [-0.1, -0.05) is 31.5 Å². The first kappa shape index (κ1) is 17.7. The number of carbonyl (C=O) groups is 1. The molecule has 25 heavy (non-hydrogen) atoms. The van der Waals surface area contributed by atoms with Crippen molar-refractivity contribution in [3.8, 4) is 10.8 Å². The molecule has 3 rings (SSSR count). The molecule has 0 aliphatic carbocycles. The Hall–Kier alpha value is -2.11. The summed E-state index contributed by atoms with van der Waals surface area (Å²) < 4.78 is 5.34. The number of furan rings is 1. The number of halogens is 1. The number of hydrogen-bond donors (Lipinski definition) is 1. The highest BCUT2D eigenvalue weighted by atomic mass is 35.5. The molecule has 0 aliphatic rings. The van der Waals surface area contributed by atoms with Gasteiger partial charge in [-0.25, -0.2) is 4.98 Å². The highest BCUT2D eigenvalue weighted by Crippen LogP contribution is 2.30. The van der Waals surface area contributed by atoms with Crippen LogP contribution < -0.4 is 5.32 Å². The minimum atomic E-state index is -0.0945. The van der Waals surface area contributed by atoms with Crippen LogP contribution in [0.5, 0.6) is 0 Å². The molecule has 0 aliphatic heterocycles. The first-order chi connectivity index (χ1) is 12.1. The Kier molecular flexibility index (Phi) is 5.56. The second-order valence-electron chi connectivity index (χ2n) is 5.61. The number of nitrogens with zero attached hydrogens (tertiary/aromatic N) is 1. The van der Waals surface area contributed by atoms with Crippen LogP contribution in [0.15, 0.2) is 40.3 Å². The Morgan fingerprint density at radius 3 is 2.80 bits per heavy atom. The molecule has 3 aromatic rings. The van der Waals surface area contributed by atoms with Crippen molar-refractivity contribution in [2.24, 2.45) is 0 Å². The Morgan fingerprint density at radius 1 is 1.28 bits per heavy atom. The van der Waals surface area contributed by atoms with Gasteiger partial charge in [0.15, 0.2) is 10.8 Å². The molecule has 2 aromatic heterocycles. The molecule has 0 saturated heterocycles. The molecule has 0 bridgehead atoms. The zero-order valence-electron chi connectivity index (χ0n) is 14.1.